The number of amides is 1. The molecule has 0 radical (unpaired) electrons. The fourth-order valence-electron chi connectivity index (χ4n) is 3.38. The standard InChI is InChI=1S/C22H25NO4S/c1-21(2,17-12-10-16(11-13-17)15-8-6-5-7-9-15)27-20(26)23-14-28-22(3,4)18(23)19(24)25/h5-13,18H,14H2,1-4H3,(H,24,25). The number of rotatable bonds is 4. The van der Waals surface area contributed by atoms with E-state index >= 15 is 0 Å². The lowest BCUT2D eigenvalue weighted by Crippen LogP contribution is -2.50. The van der Waals surface area contributed by atoms with Crippen LogP contribution in [0.25, 0.3) is 11.1 Å². The maximum Gasteiger partial charge on any atom is 0.412 e. The van der Waals surface area contributed by atoms with Gasteiger partial charge in [-0.15, -0.1) is 11.8 Å². The van der Waals surface area contributed by atoms with Crippen molar-refractivity contribution in [1.29, 1.82) is 0 Å². The summed E-state index contributed by atoms with van der Waals surface area (Å²) in [6, 6.07) is 17.0. The summed E-state index contributed by atoms with van der Waals surface area (Å²) in [6.45, 7) is 7.29. The second kappa shape index (κ2) is 7.51. The Morgan fingerprint density at radius 2 is 1.64 bits per heavy atom. The molecule has 3 rings (SSSR count). The number of aliphatic carboxylic acids is 1. The van der Waals surface area contributed by atoms with Crippen molar-refractivity contribution in [2.24, 2.45) is 0 Å². The van der Waals surface area contributed by atoms with Gasteiger partial charge in [0, 0.05) is 4.75 Å². The third-order valence-corrected chi connectivity index (χ3v) is 6.42. The van der Waals surface area contributed by atoms with E-state index in [0.29, 0.717) is 5.88 Å². The highest BCUT2D eigenvalue weighted by atomic mass is 32.2. The third-order valence-electron chi connectivity index (χ3n) is 5.04. The van der Waals surface area contributed by atoms with Gasteiger partial charge in [-0.25, -0.2) is 9.59 Å². The predicted molar refractivity (Wildman–Crippen MR) is 111 cm³/mol. The maximum atomic E-state index is 12.8. The highest BCUT2D eigenvalue weighted by molar-refractivity contribution is 8.00. The number of hydrogen-bond donors (Lipinski definition) is 1. The molecule has 1 unspecified atom stereocenters. The maximum absolute atomic E-state index is 12.8. The Hall–Kier alpha value is -2.47. The predicted octanol–water partition coefficient (Wildman–Crippen LogP) is 4.96. The van der Waals surface area contributed by atoms with E-state index in [-0.39, 0.29) is 0 Å². The van der Waals surface area contributed by atoms with Crippen LogP contribution < -0.4 is 0 Å². The average molecular weight is 400 g/mol. The minimum Gasteiger partial charge on any atom is -0.480 e. The summed E-state index contributed by atoms with van der Waals surface area (Å²) in [6.07, 6.45) is -0.609. The first kappa shape index (κ1) is 20.3. The van der Waals surface area contributed by atoms with Gasteiger partial charge in [-0.3, -0.25) is 4.90 Å². The zero-order valence-electron chi connectivity index (χ0n) is 16.5. The first-order valence-corrected chi connectivity index (χ1v) is 10.1. The van der Waals surface area contributed by atoms with Crippen LogP contribution in [0, 0.1) is 0 Å². The van der Waals surface area contributed by atoms with Crippen LogP contribution in [0.3, 0.4) is 0 Å². The van der Waals surface area contributed by atoms with Crippen LogP contribution in [0.2, 0.25) is 0 Å². The fourth-order valence-corrected chi connectivity index (χ4v) is 4.50. The Kier molecular flexibility index (Phi) is 5.44. The molecule has 0 aromatic heterocycles. The monoisotopic (exact) mass is 399 g/mol. The Bertz CT molecular complexity index is 862. The highest BCUT2D eigenvalue weighted by Gasteiger charge is 2.49. The van der Waals surface area contributed by atoms with Crippen molar-refractivity contribution in [3.8, 4) is 11.1 Å². The van der Waals surface area contributed by atoms with Crippen LogP contribution in [0.4, 0.5) is 4.79 Å². The number of hydrogen-bond acceptors (Lipinski definition) is 4. The van der Waals surface area contributed by atoms with Gasteiger partial charge in [0.1, 0.15) is 11.6 Å². The zero-order chi connectivity index (χ0) is 20.5. The Morgan fingerprint density at radius 3 is 2.21 bits per heavy atom. The van der Waals surface area contributed by atoms with E-state index in [0.717, 1.165) is 16.7 Å². The van der Waals surface area contributed by atoms with Crippen LogP contribution in [0.5, 0.6) is 0 Å². The smallest absolute Gasteiger partial charge is 0.412 e. The molecule has 148 valence electrons. The van der Waals surface area contributed by atoms with E-state index in [2.05, 4.69) is 0 Å². The largest absolute Gasteiger partial charge is 0.480 e. The second-order valence-corrected chi connectivity index (χ2v) is 9.51. The number of ether oxygens (including phenoxy) is 1. The molecular formula is C22H25NO4S. The molecule has 1 aliphatic heterocycles. The zero-order valence-corrected chi connectivity index (χ0v) is 17.3. The van der Waals surface area contributed by atoms with Gasteiger partial charge in [-0.1, -0.05) is 54.6 Å². The van der Waals surface area contributed by atoms with E-state index in [9.17, 15) is 14.7 Å². The van der Waals surface area contributed by atoms with Gasteiger partial charge in [0.2, 0.25) is 0 Å². The highest BCUT2D eigenvalue weighted by Crippen LogP contribution is 2.40. The molecule has 6 heteroatoms. The van der Waals surface area contributed by atoms with Crippen LogP contribution in [0.1, 0.15) is 33.3 Å². The molecule has 1 saturated heterocycles. The lowest BCUT2D eigenvalue weighted by atomic mass is 9.95. The summed E-state index contributed by atoms with van der Waals surface area (Å²) in [7, 11) is 0. The molecule has 28 heavy (non-hydrogen) atoms. The Morgan fingerprint density at radius 1 is 1.07 bits per heavy atom. The van der Waals surface area contributed by atoms with Gasteiger partial charge in [-0.05, 0) is 44.4 Å². The van der Waals surface area contributed by atoms with Crippen LogP contribution in [0.15, 0.2) is 54.6 Å². The molecule has 0 saturated carbocycles. The fraction of sp³-hybridized carbons (Fsp3) is 0.364. The molecule has 1 aliphatic rings. The summed E-state index contributed by atoms with van der Waals surface area (Å²) in [5, 5.41) is 9.56. The molecule has 1 amide bonds. The number of carboxylic acid groups (broad SMARTS) is 1. The first-order chi connectivity index (χ1) is 13.1. The van der Waals surface area contributed by atoms with Crippen molar-refractivity contribution in [2.45, 2.75) is 44.1 Å². The molecule has 1 fully saturated rings. The summed E-state index contributed by atoms with van der Waals surface area (Å²) >= 11 is 1.44. The number of nitrogens with zero attached hydrogens (tertiary/aromatic N) is 1. The van der Waals surface area contributed by atoms with E-state index in [1.807, 2.05) is 82.3 Å². The van der Waals surface area contributed by atoms with Gasteiger partial charge in [0.25, 0.3) is 0 Å². The van der Waals surface area contributed by atoms with E-state index < -0.39 is 28.5 Å². The van der Waals surface area contributed by atoms with Gasteiger partial charge >= 0.3 is 12.1 Å². The normalized spacial score (nSPS) is 18.7. The summed E-state index contributed by atoms with van der Waals surface area (Å²) < 4.78 is 5.17. The van der Waals surface area contributed by atoms with Crippen molar-refractivity contribution in [3.05, 3.63) is 60.2 Å². The lowest BCUT2D eigenvalue weighted by molar-refractivity contribution is -0.143. The van der Waals surface area contributed by atoms with Gasteiger partial charge in [-0.2, -0.15) is 0 Å². The van der Waals surface area contributed by atoms with Crippen molar-refractivity contribution in [1.82, 2.24) is 4.90 Å². The van der Waals surface area contributed by atoms with E-state index in [4.69, 9.17) is 4.74 Å². The summed E-state index contributed by atoms with van der Waals surface area (Å²) in [4.78, 5) is 25.7. The number of carboxylic acids is 1. The summed E-state index contributed by atoms with van der Waals surface area (Å²) in [5.41, 5.74) is 2.16. The van der Waals surface area contributed by atoms with Crippen molar-refractivity contribution >= 4 is 23.8 Å². The molecule has 0 aliphatic carbocycles. The molecule has 5 nitrogen and oxygen atoms in total. The minimum atomic E-state index is -1.02. The van der Waals surface area contributed by atoms with Gasteiger partial charge < -0.3 is 9.84 Å². The van der Waals surface area contributed by atoms with Gasteiger partial charge in [0.15, 0.2) is 0 Å². The molecule has 1 heterocycles. The quantitative estimate of drug-likeness (QED) is 0.787. The summed E-state index contributed by atoms with van der Waals surface area (Å²) in [5.74, 6) is -0.719. The van der Waals surface area contributed by atoms with Crippen molar-refractivity contribution in [2.75, 3.05) is 5.88 Å². The van der Waals surface area contributed by atoms with Gasteiger partial charge in [0.05, 0.1) is 5.88 Å². The van der Waals surface area contributed by atoms with Crippen molar-refractivity contribution < 1.29 is 19.4 Å². The number of benzene rings is 2. The SMILES string of the molecule is CC(C)(OC(=O)N1CSC(C)(C)C1C(=O)O)c1ccc(-c2ccccc2)cc1. The molecule has 0 spiro atoms. The Balaban J connectivity index is 1.76. The molecule has 2 aromatic carbocycles. The lowest BCUT2D eigenvalue weighted by Gasteiger charge is -2.31. The minimum absolute atomic E-state index is 0.297. The number of carbonyl (C=O) groups is 2. The number of thioether (sulfide) groups is 1. The topological polar surface area (TPSA) is 66.8 Å². The first-order valence-electron chi connectivity index (χ1n) is 9.14. The third kappa shape index (κ3) is 4.02. The number of carbonyl (C=O) groups excluding carboxylic acids is 1. The van der Waals surface area contributed by atoms with E-state index in [1.54, 1.807) is 0 Å². The molecule has 2 aromatic rings. The molecule has 0 bridgehead atoms. The van der Waals surface area contributed by atoms with Crippen LogP contribution in [-0.4, -0.2) is 38.7 Å². The molecule has 1 N–H and O–H groups in total. The van der Waals surface area contributed by atoms with Crippen LogP contribution in [-0.2, 0) is 15.1 Å². The molecule has 1 atom stereocenters. The Labute approximate surface area is 169 Å². The van der Waals surface area contributed by atoms with Crippen molar-refractivity contribution in [3.63, 3.8) is 0 Å². The van der Waals surface area contributed by atoms with Crippen LogP contribution >= 0.6 is 11.8 Å². The molecular weight excluding hydrogens is 374 g/mol. The second-order valence-electron chi connectivity index (χ2n) is 7.91. The van der Waals surface area contributed by atoms with E-state index in [1.165, 1.54) is 16.7 Å². The average Bonchev–Trinajstić information content (AvgIpc) is 2.98.